The summed E-state index contributed by atoms with van der Waals surface area (Å²) in [7, 11) is 0. The SMILES string of the molecule is Cc1ccc2nc(N3CCSc4ccccc4C3)nc(C(N)CN)c2c1. The van der Waals surface area contributed by atoms with Crippen LogP contribution in [0.15, 0.2) is 47.4 Å². The Balaban J connectivity index is 1.80. The molecule has 0 fully saturated rings. The van der Waals surface area contributed by atoms with Crippen LogP contribution in [0.4, 0.5) is 5.95 Å². The Morgan fingerprint density at radius 1 is 1.19 bits per heavy atom. The fraction of sp³-hybridized carbons (Fsp3) is 0.300. The summed E-state index contributed by atoms with van der Waals surface area (Å²) in [6, 6.07) is 14.5. The second-order valence-electron chi connectivity index (χ2n) is 6.65. The minimum atomic E-state index is -0.297. The maximum Gasteiger partial charge on any atom is 0.226 e. The van der Waals surface area contributed by atoms with Gasteiger partial charge in [-0.25, -0.2) is 9.97 Å². The van der Waals surface area contributed by atoms with Crippen LogP contribution >= 0.6 is 11.8 Å². The molecule has 1 atom stereocenters. The standard InChI is InChI=1S/C20H23N5S/c1-13-6-7-17-15(10-13)19(16(22)11-21)24-20(23-17)25-8-9-26-18-5-3-2-4-14(18)12-25/h2-7,10,16H,8-9,11-12,21-22H2,1H3. The molecule has 1 aromatic heterocycles. The maximum absolute atomic E-state index is 6.28. The molecule has 0 saturated heterocycles. The summed E-state index contributed by atoms with van der Waals surface area (Å²) < 4.78 is 0. The number of nitrogens with two attached hydrogens (primary N) is 2. The van der Waals surface area contributed by atoms with Crippen molar-refractivity contribution in [1.82, 2.24) is 9.97 Å². The summed E-state index contributed by atoms with van der Waals surface area (Å²) in [6.07, 6.45) is 0. The number of hydrogen-bond donors (Lipinski definition) is 2. The average molecular weight is 366 g/mol. The Morgan fingerprint density at radius 3 is 2.88 bits per heavy atom. The van der Waals surface area contributed by atoms with Gasteiger partial charge in [-0.3, -0.25) is 0 Å². The molecule has 4 N–H and O–H groups in total. The number of aryl methyl sites for hydroxylation is 1. The first kappa shape index (κ1) is 17.3. The highest BCUT2D eigenvalue weighted by Gasteiger charge is 2.20. The second kappa shape index (κ2) is 7.23. The highest BCUT2D eigenvalue weighted by Crippen LogP contribution is 2.30. The van der Waals surface area contributed by atoms with Crippen LogP contribution in [0, 0.1) is 6.92 Å². The minimum absolute atomic E-state index is 0.297. The molecule has 5 nitrogen and oxygen atoms in total. The highest BCUT2D eigenvalue weighted by molar-refractivity contribution is 7.99. The number of aromatic nitrogens is 2. The summed E-state index contributed by atoms with van der Waals surface area (Å²) in [6.45, 7) is 4.12. The largest absolute Gasteiger partial charge is 0.336 e. The van der Waals surface area contributed by atoms with Crippen molar-refractivity contribution in [2.45, 2.75) is 24.4 Å². The molecule has 0 bridgehead atoms. The summed E-state index contributed by atoms with van der Waals surface area (Å²) >= 11 is 1.89. The van der Waals surface area contributed by atoms with Gasteiger partial charge in [-0.1, -0.05) is 29.8 Å². The minimum Gasteiger partial charge on any atom is -0.336 e. The van der Waals surface area contributed by atoms with Crippen molar-refractivity contribution in [1.29, 1.82) is 0 Å². The van der Waals surface area contributed by atoms with Gasteiger partial charge in [0.2, 0.25) is 5.95 Å². The Morgan fingerprint density at radius 2 is 2.04 bits per heavy atom. The number of fused-ring (bicyclic) bond motifs is 2. The summed E-state index contributed by atoms with van der Waals surface area (Å²) in [5.41, 5.74) is 16.4. The Hall–Kier alpha value is -2.15. The van der Waals surface area contributed by atoms with E-state index in [0.29, 0.717) is 6.54 Å². The van der Waals surface area contributed by atoms with Crippen molar-refractivity contribution >= 4 is 28.6 Å². The number of anilines is 1. The van der Waals surface area contributed by atoms with Crippen molar-refractivity contribution in [3.63, 3.8) is 0 Å². The fourth-order valence-corrected chi connectivity index (χ4v) is 4.31. The van der Waals surface area contributed by atoms with Crippen LogP contribution in [0.3, 0.4) is 0 Å². The molecule has 134 valence electrons. The van der Waals surface area contributed by atoms with Gasteiger partial charge >= 0.3 is 0 Å². The molecule has 3 aromatic rings. The van der Waals surface area contributed by atoms with Crippen LogP contribution in [-0.4, -0.2) is 28.8 Å². The average Bonchev–Trinajstić information content (AvgIpc) is 2.89. The van der Waals surface area contributed by atoms with Gasteiger partial charge in [0.1, 0.15) is 0 Å². The molecule has 0 saturated carbocycles. The lowest BCUT2D eigenvalue weighted by Crippen LogP contribution is -2.28. The second-order valence-corrected chi connectivity index (χ2v) is 7.79. The molecule has 0 radical (unpaired) electrons. The van der Waals surface area contributed by atoms with Crippen molar-refractivity contribution in [3.8, 4) is 0 Å². The maximum atomic E-state index is 6.28. The van der Waals surface area contributed by atoms with Crippen LogP contribution in [0.1, 0.15) is 22.9 Å². The van der Waals surface area contributed by atoms with Crippen LogP contribution in [0.5, 0.6) is 0 Å². The van der Waals surface area contributed by atoms with Crippen molar-refractivity contribution in [2.75, 3.05) is 23.7 Å². The van der Waals surface area contributed by atoms with Gasteiger partial charge in [0.15, 0.2) is 0 Å². The number of rotatable bonds is 3. The monoisotopic (exact) mass is 365 g/mol. The van der Waals surface area contributed by atoms with E-state index in [4.69, 9.17) is 21.4 Å². The topological polar surface area (TPSA) is 81.1 Å². The Labute approximate surface area is 157 Å². The number of thioether (sulfide) groups is 1. The summed E-state index contributed by atoms with van der Waals surface area (Å²) in [5.74, 6) is 1.74. The van der Waals surface area contributed by atoms with E-state index in [1.165, 1.54) is 16.0 Å². The van der Waals surface area contributed by atoms with Gasteiger partial charge in [-0.2, -0.15) is 0 Å². The van der Waals surface area contributed by atoms with Gasteiger partial charge in [0.05, 0.1) is 17.3 Å². The number of benzene rings is 2. The molecule has 26 heavy (non-hydrogen) atoms. The van der Waals surface area contributed by atoms with Crippen LogP contribution < -0.4 is 16.4 Å². The van der Waals surface area contributed by atoms with Gasteiger partial charge in [0, 0.05) is 35.7 Å². The molecule has 1 aliphatic heterocycles. The third-order valence-corrected chi connectivity index (χ3v) is 5.81. The van der Waals surface area contributed by atoms with E-state index < -0.39 is 0 Å². The fourth-order valence-electron chi connectivity index (χ4n) is 3.29. The zero-order valence-corrected chi connectivity index (χ0v) is 15.7. The molecule has 2 heterocycles. The molecular formula is C20H23N5S. The molecule has 6 heteroatoms. The van der Waals surface area contributed by atoms with E-state index in [1.807, 2.05) is 17.8 Å². The molecule has 0 spiro atoms. The molecule has 0 aliphatic carbocycles. The first-order valence-corrected chi connectivity index (χ1v) is 9.84. The summed E-state index contributed by atoms with van der Waals surface area (Å²) in [5, 5.41) is 0.997. The third kappa shape index (κ3) is 3.28. The van der Waals surface area contributed by atoms with Crippen LogP contribution in [0.2, 0.25) is 0 Å². The van der Waals surface area contributed by atoms with E-state index in [0.717, 1.165) is 41.4 Å². The molecule has 4 rings (SSSR count). The van der Waals surface area contributed by atoms with Crippen LogP contribution in [0.25, 0.3) is 10.9 Å². The van der Waals surface area contributed by atoms with E-state index in [1.54, 1.807) is 0 Å². The Bertz CT molecular complexity index is 943. The zero-order valence-electron chi connectivity index (χ0n) is 14.9. The normalized spacial score (nSPS) is 15.6. The molecular weight excluding hydrogens is 342 g/mol. The highest BCUT2D eigenvalue weighted by atomic mass is 32.2. The van der Waals surface area contributed by atoms with Crippen molar-refractivity contribution in [2.24, 2.45) is 11.5 Å². The molecule has 1 aliphatic rings. The quantitative estimate of drug-likeness (QED) is 0.743. The predicted molar refractivity (Wildman–Crippen MR) is 108 cm³/mol. The van der Waals surface area contributed by atoms with Crippen molar-refractivity contribution in [3.05, 3.63) is 59.3 Å². The van der Waals surface area contributed by atoms with Gasteiger partial charge < -0.3 is 16.4 Å². The molecule has 0 amide bonds. The summed E-state index contributed by atoms with van der Waals surface area (Å²) in [4.78, 5) is 13.3. The first-order chi connectivity index (χ1) is 12.7. The van der Waals surface area contributed by atoms with Crippen molar-refractivity contribution < 1.29 is 0 Å². The number of hydrogen-bond acceptors (Lipinski definition) is 6. The third-order valence-electron chi connectivity index (χ3n) is 4.71. The van der Waals surface area contributed by atoms with E-state index in [9.17, 15) is 0 Å². The lowest BCUT2D eigenvalue weighted by atomic mass is 10.1. The van der Waals surface area contributed by atoms with E-state index >= 15 is 0 Å². The molecule has 1 unspecified atom stereocenters. The van der Waals surface area contributed by atoms with E-state index in [-0.39, 0.29) is 6.04 Å². The van der Waals surface area contributed by atoms with Gasteiger partial charge in [-0.05, 0) is 30.7 Å². The lowest BCUT2D eigenvalue weighted by Gasteiger charge is -2.23. The predicted octanol–water partition coefficient (Wildman–Crippen LogP) is 3.01. The van der Waals surface area contributed by atoms with Crippen LogP contribution in [-0.2, 0) is 6.54 Å². The Kier molecular flexibility index (Phi) is 4.80. The van der Waals surface area contributed by atoms with Gasteiger partial charge in [0.25, 0.3) is 0 Å². The zero-order chi connectivity index (χ0) is 18.1. The first-order valence-electron chi connectivity index (χ1n) is 8.85. The smallest absolute Gasteiger partial charge is 0.226 e. The van der Waals surface area contributed by atoms with E-state index in [2.05, 4.69) is 48.2 Å². The lowest BCUT2D eigenvalue weighted by molar-refractivity contribution is 0.706. The van der Waals surface area contributed by atoms with Gasteiger partial charge in [-0.15, -0.1) is 11.8 Å². The number of nitrogens with zero attached hydrogens (tertiary/aromatic N) is 3. The molecule has 2 aromatic carbocycles.